The van der Waals surface area contributed by atoms with Gasteiger partial charge in [0, 0.05) is 13.2 Å². The third-order valence-corrected chi connectivity index (χ3v) is 3.40. The Morgan fingerprint density at radius 1 is 1.29 bits per heavy atom. The van der Waals surface area contributed by atoms with E-state index in [4.69, 9.17) is 4.74 Å². The van der Waals surface area contributed by atoms with Crippen molar-refractivity contribution in [3.05, 3.63) is 0 Å². The minimum Gasteiger partial charge on any atom is -0.382 e. The third kappa shape index (κ3) is 4.43. The molecule has 1 aliphatic rings. The molecule has 0 bridgehead atoms. The summed E-state index contributed by atoms with van der Waals surface area (Å²) in [5.41, 5.74) is 0. The highest BCUT2D eigenvalue weighted by atomic mass is 16.5. The first kappa shape index (κ1) is 12.0. The zero-order valence-electron chi connectivity index (χ0n) is 9.88. The number of hydrogen-bond donors (Lipinski definition) is 1. The van der Waals surface area contributed by atoms with Gasteiger partial charge >= 0.3 is 0 Å². The highest BCUT2D eigenvalue weighted by molar-refractivity contribution is 4.75. The van der Waals surface area contributed by atoms with Crippen molar-refractivity contribution in [3.63, 3.8) is 0 Å². The second kappa shape index (κ2) is 6.41. The minimum absolute atomic E-state index is 0.394. The van der Waals surface area contributed by atoms with Crippen LogP contribution < -0.4 is 5.32 Å². The van der Waals surface area contributed by atoms with E-state index in [0.717, 1.165) is 24.9 Å². The molecule has 2 nitrogen and oxygen atoms in total. The fourth-order valence-electron chi connectivity index (χ4n) is 2.07. The fourth-order valence-corrected chi connectivity index (χ4v) is 2.07. The van der Waals surface area contributed by atoms with Crippen LogP contribution in [-0.4, -0.2) is 25.8 Å². The van der Waals surface area contributed by atoms with Crippen LogP contribution in [-0.2, 0) is 4.74 Å². The molecule has 1 atom stereocenters. The van der Waals surface area contributed by atoms with Crippen molar-refractivity contribution in [3.8, 4) is 0 Å². The fraction of sp³-hybridized carbons (Fsp3) is 1.00. The van der Waals surface area contributed by atoms with Gasteiger partial charge < -0.3 is 10.1 Å². The molecule has 0 heterocycles. The van der Waals surface area contributed by atoms with Crippen LogP contribution in [0.4, 0.5) is 0 Å². The maximum absolute atomic E-state index is 5.22. The molecule has 1 saturated carbocycles. The average molecular weight is 199 g/mol. The van der Waals surface area contributed by atoms with Gasteiger partial charge in [0.15, 0.2) is 0 Å². The van der Waals surface area contributed by atoms with Crippen LogP contribution in [0.2, 0.25) is 0 Å². The highest BCUT2D eigenvalue weighted by Crippen LogP contribution is 2.23. The average Bonchev–Trinajstić information content (AvgIpc) is 2.21. The second-order valence-corrected chi connectivity index (χ2v) is 4.75. The topological polar surface area (TPSA) is 21.3 Å². The monoisotopic (exact) mass is 199 g/mol. The van der Waals surface area contributed by atoms with E-state index in [1.165, 1.54) is 25.7 Å². The second-order valence-electron chi connectivity index (χ2n) is 4.75. The van der Waals surface area contributed by atoms with E-state index < -0.39 is 0 Å². The van der Waals surface area contributed by atoms with E-state index in [1.807, 2.05) is 0 Å². The number of nitrogens with one attached hydrogen (secondary N) is 1. The van der Waals surface area contributed by atoms with E-state index in [-0.39, 0.29) is 0 Å². The van der Waals surface area contributed by atoms with E-state index in [9.17, 15) is 0 Å². The molecule has 1 fully saturated rings. The predicted octanol–water partition coefficient (Wildman–Crippen LogP) is 2.58. The van der Waals surface area contributed by atoms with Gasteiger partial charge in [0.05, 0.1) is 6.10 Å². The van der Waals surface area contributed by atoms with Crippen molar-refractivity contribution in [2.45, 2.75) is 58.1 Å². The maximum Gasteiger partial charge on any atom is 0.0555 e. The Kier molecular flexibility index (Phi) is 5.49. The van der Waals surface area contributed by atoms with Gasteiger partial charge in [0.25, 0.3) is 0 Å². The third-order valence-electron chi connectivity index (χ3n) is 3.40. The van der Waals surface area contributed by atoms with Crippen molar-refractivity contribution in [1.82, 2.24) is 5.32 Å². The van der Waals surface area contributed by atoms with Gasteiger partial charge in [-0.1, -0.05) is 6.92 Å². The molecular weight excluding hydrogens is 174 g/mol. The number of methoxy groups -OCH3 is 1. The van der Waals surface area contributed by atoms with Gasteiger partial charge in [0.2, 0.25) is 0 Å². The summed E-state index contributed by atoms with van der Waals surface area (Å²) in [5, 5.41) is 3.63. The van der Waals surface area contributed by atoms with E-state index >= 15 is 0 Å². The van der Waals surface area contributed by atoms with E-state index in [0.29, 0.717) is 6.10 Å². The van der Waals surface area contributed by atoms with Gasteiger partial charge in [-0.3, -0.25) is 0 Å². The van der Waals surface area contributed by atoms with Crippen molar-refractivity contribution < 1.29 is 4.74 Å². The van der Waals surface area contributed by atoms with Crippen LogP contribution >= 0.6 is 0 Å². The molecule has 1 unspecified atom stereocenters. The minimum atomic E-state index is 0.394. The zero-order chi connectivity index (χ0) is 10.4. The molecular formula is C12H25NO. The molecule has 0 amide bonds. The van der Waals surface area contributed by atoms with Gasteiger partial charge in [-0.15, -0.1) is 0 Å². The normalized spacial score (nSPS) is 30.2. The van der Waals surface area contributed by atoms with Crippen LogP contribution in [0.5, 0.6) is 0 Å². The summed E-state index contributed by atoms with van der Waals surface area (Å²) in [6, 6.07) is 0.773. The molecule has 84 valence electrons. The van der Waals surface area contributed by atoms with Crippen molar-refractivity contribution >= 4 is 0 Å². The van der Waals surface area contributed by atoms with Crippen molar-refractivity contribution in [2.75, 3.05) is 13.7 Å². The lowest BCUT2D eigenvalue weighted by Crippen LogP contribution is -2.34. The lowest BCUT2D eigenvalue weighted by atomic mass is 9.87. The molecule has 0 aromatic heterocycles. The summed E-state index contributed by atoms with van der Waals surface area (Å²) >= 11 is 0. The summed E-state index contributed by atoms with van der Waals surface area (Å²) in [6.45, 7) is 5.60. The molecule has 1 rings (SSSR count). The first-order valence-electron chi connectivity index (χ1n) is 5.98. The molecule has 0 aromatic carbocycles. The molecule has 0 aliphatic heterocycles. The first-order valence-corrected chi connectivity index (χ1v) is 5.98. The summed E-state index contributed by atoms with van der Waals surface area (Å²) in [7, 11) is 1.78. The van der Waals surface area contributed by atoms with Gasteiger partial charge in [-0.05, 0) is 51.5 Å². The molecule has 0 spiro atoms. The maximum atomic E-state index is 5.22. The standard InChI is InChI=1S/C12H25NO/c1-10-4-6-12(7-5-10)13-9-8-11(2)14-3/h10-13H,4-9H2,1-3H3/t10-,11?,12-. The van der Waals surface area contributed by atoms with Crippen molar-refractivity contribution in [1.29, 1.82) is 0 Å². The largest absolute Gasteiger partial charge is 0.382 e. The Bertz CT molecular complexity index is 141. The highest BCUT2D eigenvalue weighted by Gasteiger charge is 2.17. The molecule has 0 saturated heterocycles. The molecule has 1 N–H and O–H groups in total. The number of rotatable bonds is 5. The number of hydrogen-bond acceptors (Lipinski definition) is 2. The Morgan fingerprint density at radius 3 is 2.50 bits per heavy atom. The first-order chi connectivity index (χ1) is 6.72. The van der Waals surface area contributed by atoms with Crippen molar-refractivity contribution in [2.24, 2.45) is 5.92 Å². The summed E-state index contributed by atoms with van der Waals surface area (Å²) in [4.78, 5) is 0. The lowest BCUT2D eigenvalue weighted by molar-refractivity contribution is 0.109. The molecule has 1 aliphatic carbocycles. The Labute approximate surface area is 88.4 Å². The van der Waals surface area contributed by atoms with Gasteiger partial charge in [0.1, 0.15) is 0 Å². The smallest absolute Gasteiger partial charge is 0.0555 e. The Balaban J connectivity index is 2.02. The Hall–Kier alpha value is -0.0800. The van der Waals surface area contributed by atoms with Crippen LogP contribution in [0.3, 0.4) is 0 Å². The number of ether oxygens (including phenoxy) is 1. The van der Waals surface area contributed by atoms with Crippen LogP contribution in [0.15, 0.2) is 0 Å². The predicted molar refractivity (Wildman–Crippen MR) is 60.5 cm³/mol. The van der Waals surface area contributed by atoms with Gasteiger partial charge in [-0.2, -0.15) is 0 Å². The summed E-state index contributed by atoms with van der Waals surface area (Å²) in [6.07, 6.45) is 7.05. The molecule has 14 heavy (non-hydrogen) atoms. The summed E-state index contributed by atoms with van der Waals surface area (Å²) < 4.78 is 5.22. The quantitative estimate of drug-likeness (QED) is 0.735. The Morgan fingerprint density at radius 2 is 1.93 bits per heavy atom. The molecule has 0 aromatic rings. The SMILES string of the molecule is COC(C)CCN[C@H]1CC[C@H](C)CC1. The summed E-state index contributed by atoms with van der Waals surface area (Å²) in [5.74, 6) is 0.950. The van der Waals surface area contributed by atoms with Crippen LogP contribution in [0.25, 0.3) is 0 Å². The van der Waals surface area contributed by atoms with E-state index in [2.05, 4.69) is 19.2 Å². The molecule has 2 heteroatoms. The molecule has 0 radical (unpaired) electrons. The van der Waals surface area contributed by atoms with E-state index in [1.54, 1.807) is 7.11 Å². The van der Waals surface area contributed by atoms with Crippen LogP contribution in [0.1, 0.15) is 46.0 Å². The zero-order valence-corrected chi connectivity index (χ0v) is 9.88. The van der Waals surface area contributed by atoms with Gasteiger partial charge in [-0.25, -0.2) is 0 Å². The lowest BCUT2D eigenvalue weighted by Gasteiger charge is -2.27. The van der Waals surface area contributed by atoms with Crippen LogP contribution in [0, 0.1) is 5.92 Å².